The van der Waals surface area contributed by atoms with E-state index in [0.29, 0.717) is 40.3 Å². The number of nitrogens with zero attached hydrogens (tertiary/aromatic N) is 3. The molecule has 1 aliphatic carbocycles. The molecule has 1 aromatic carbocycles. The summed E-state index contributed by atoms with van der Waals surface area (Å²) in [7, 11) is 0. The van der Waals surface area contributed by atoms with Crippen LogP contribution in [0.5, 0.6) is 0 Å². The Morgan fingerprint density at radius 2 is 1.83 bits per heavy atom. The largest absolute Gasteiger partial charge is 0.417 e. The molecule has 2 heterocycles. The second kappa shape index (κ2) is 8.48. The number of benzene rings is 1. The van der Waals surface area contributed by atoms with Gasteiger partial charge in [0.2, 0.25) is 0 Å². The third-order valence-electron chi connectivity index (χ3n) is 5.95. The van der Waals surface area contributed by atoms with Gasteiger partial charge in [-0.05, 0) is 31.9 Å². The molecule has 1 saturated carbocycles. The van der Waals surface area contributed by atoms with Crippen LogP contribution in [0.3, 0.4) is 0 Å². The zero-order valence-electron chi connectivity index (χ0n) is 16.6. The van der Waals surface area contributed by atoms with Gasteiger partial charge in [-0.15, -0.1) is 11.3 Å². The summed E-state index contributed by atoms with van der Waals surface area (Å²) in [5.74, 6) is -0.0904. The molecule has 2 aliphatic rings. The summed E-state index contributed by atoms with van der Waals surface area (Å²) in [5, 5.41) is 0.0403. The monoisotopic (exact) mass is 457 g/mol. The standard InChI is InChI=1S/C21H23ClF3N3OS/c1-13-18(20(29)28-10-8-27(9-11-28)15-4-2-3-5-15)30-19(26-13)14-6-7-17(22)16(12-14)21(23,24)25/h6-7,12,15H,2-5,8-11H2,1H3. The molecule has 0 radical (unpaired) electrons. The Balaban J connectivity index is 1.50. The van der Waals surface area contributed by atoms with Crippen molar-refractivity contribution in [3.8, 4) is 10.6 Å². The van der Waals surface area contributed by atoms with Gasteiger partial charge in [-0.25, -0.2) is 4.98 Å². The highest BCUT2D eigenvalue weighted by Crippen LogP contribution is 2.38. The number of aromatic nitrogens is 1. The van der Waals surface area contributed by atoms with Gasteiger partial charge in [-0.2, -0.15) is 13.2 Å². The van der Waals surface area contributed by atoms with Crippen molar-refractivity contribution >= 4 is 28.8 Å². The Labute approximate surface area is 182 Å². The van der Waals surface area contributed by atoms with Gasteiger partial charge in [0.1, 0.15) is 9.88 Å². The van der Waals surface area contributed by atoms with E-state index in [4.69, 9.17) is 11.6 Å². The first-order valence-electron chi connectivity index (χ1n) is 10.1. The molecule has 162 valence electrons. The maximum absolute atomic E-state index is 13.2. The molecule has 1 aromatic heterocycles. The summed E-state index contributed by atoms with van der Waals surface area (Å²) >= 11 is 6.85. The highest BCUT2D eigenvalue weighted by molar-refractivity contribution is 7.17. The molecule has 1 aliphatic heterocycles. The lowest BCUT2D eigenvalue weighted by atomic mass is 10.1. The van der Waals surface area contributed by atoms with Crippen molar-refractivity contribution in [3.63, 3.8) is 0 Å². The highest BCUT2D eigenvalue weighted by atomic mass is 35.5. The van der Waals surface area contributed by atoms with Crippen molar-refractivity contribution in [3.05, 3.63) is 39.4 Å². The van der Waals surface area contributed by atoms with E-state index in [1.807, 2.05) is 4.90 Å². The molecule has 2 fully saturated rings. The van der Waals surface area contributed by atoms with Crippen molar-refractivity contribution < 1.29 is 18.0 Å². The number of halogens is 4. The minimum absolute atomic E-state index is 0.0904. The van der Waals surface area contributed by atoms with Crippen LogP contribution in [0.25, 0.3) is 10.6 Å². The number of piperazine rings is 1. The van der Waals surface area contributed by atoms with Crippen LogP contribution in [0.15, 0.2) is 18.2 Å². The van der Waals surface area contributed by atoms with Crippen molar-refractivity contribution in [2.24, 2.45) is 0 Å². The Morgan fingerprint density at radius 1 is 1.17 bits per heavy atom. The van der Waals surface area contributed by atoms with Gasteiger partial charge in [0.25, 0.3) is 5.91 Å². The smallest absolute Gasteiger partial charge is 0.335 e. The van der Waals surface area contributed by atoms with Crippen molar-refractivity contribution in [1.29, 1.82) is 0 Å². The summed E-state index contributed by atoms with van der Waals surface area (Å²) in [4.78, 5) is 22.2. The lowest BCUT2D eigenvalue weighted by molar-refractivity contribution is -0.137. The van der Waals surface area contributed by atoms with E-state index in [0.717, 1.165) is 30.5 Å². The van der Waals surface area contributed by atoms with E-state index in [-0.39, 0.29) is 10.9 Å². The van der Waals surface area contributed by atoms with E-state index in [2.05, 4.69) is 9.88 Å². The van der Waals surface area contributed by atoms with Crippen LogP contribution >= 0.6 is 22.9 Å². The van der Waals surface area contributed by atoms with Crippen LogP contribution in [0, 0.1) is 6.92 Å². The van der Waals surface area contributed by atoms with Crippen molar-refractivity contribution in [1.82, 2.24) is 14.8 Å². The molecule has 2 aromatic rings. The van der Waals surface area contributed by atoms with Gasteiger partial charge >= 0.3 is 6.18 Å². The molecular formula is C21H23ClF3N3OS. The Kier molecular flexibility index (Phi) is 6.10. The van der Waals surface area contributed by atoms with E-state index in [9.17, 15) is 18.0 Å². The van der Waals surface area contributed by atoms with Crippen LogP contribution in [-0.4, -0.2) is 52.9 Å². The number of aryl methyl sites for hydroxylation is 1. The molecule has 9 heteroatoms. The van der Waals surface area contributed by atoms with E-state index >= 15 is 0 Å². The Bertz CT molecular complexity index is 932. The van der Waals surface area contributed by atoms with Crippen LogP contribution in [-0.2, 0) is 6.18 Å². The number of carbonyl (C=O) groups excluding carboxylic acids is 1. The van der Waals surface area contributed by atoms with Crippen LogP contribution in [0.2, 0.25) is 5.02 Å². The van der Waals surface area contributed by atoms with E-state index in [1.165, 1.54) is 37.8 Å². The van der Waals surface area contributed by atoms with Gasteiger partial charge in [0, 0.05) is 37.8 Å². The van der Waals surface area contributed by atoms with Crippen LogP contribution < -0.4 is 0 Å². The summed E-state index contributed by atoms with van der Waals surface area (Å²) in [6, 6.07) is 4.37. The molecule has 0 spiro atoms. The highest BCUT2D eigenvalue weighted by Gasteiger charge is 2.34. The number of amides is 1. The Hall–Kier alpha value is -1.64. The molecule has 0 unspecified atom stereocenters. The van der Waals surface area contributed by atoms with E-state index in [1.54, 1.807) is 6.92 Å². The van der Waals surface area contributed by atoms with Crippen molar-refractivity contribution in [2.45, 2.75) is 44.8 Å². The maximum Gasteiger partial charge on any atom is 0.417 e. The Morgan fingerprint density at radius 3 is 2.47 bits per heavy atom. The molecule has 4 nitrogen and oxygen atoms in total. The zero-order valence-corrected chi connectivity index (χ0v) is 18.2. The average molecular weight is 458 g/mol. The molecular weight excluding hydrogens is 435 g/mol. The molecule has 30 heavy (non-hydrogen) atoms. The molecule has 0 N–H and O–H groups in total. The topological polar surface area (TPSA) is 36.4 Å². The summed E-state index contributed by atoms with van der Waals surface area (Å²) in [6.45, 7) is 4.80. The normalized spacial score (nSPS) is 18.9. The summed E-state index contributed by atoms with van der Waals surface area (Å²) in [5.41, 5.74) is -0.0444. The van der Waals surface area contributed by atoms with Gasteiger partial charge in [-0.1, -0.05) is 30.5 Å². The molecule has 1 amide bonds. The first-order chi connectivity index (χ1) is 14.2. The zero-order chi connectivity index (χ0) is 21.5. The number of carbonyl (C=O) groups is 1. The minimum Gasteiger partial charge on any atom is -0.335 e. The van der Waals surface area contributed by atoms with Gasteiger partial charge in [-0.3, -0.25) is 9.69 Å². The number of thiazole rings is 1. The predicted octanol–water partition coefficient (Wildman–Crippen LogP) is 5.49. The number of hydrogen-bond donors (Lipinski definition) is 0. The molecule has 4 rings (SSSR count). The average Bonchev–Trinajstić information content (AvgIpc) is 3.37. The summed E-state index contributed by atoms with van der Waals surface area (Å²) < 4.78 is 39.5. The third-order valence-corrected chi connectivity index (χ3v) is 7.48. The SMILES string of the molecule is Cc1nc(-c2ccc(Cl)c(C(F)(F)F)c2)sc1C(=O)N1CCN(C2CCCC2)CC1. The van der Waals surface area contributed by atoms with Gasteiger partial charge < -0.3 is 4.90 Å². The number of rotatable bonds is 3. The first-order valence-corrected chi connectivity index (χ1v) is 11.3. The second-order valence-corrected chi connectivity index (χ2v) is 9.30. The minimum atomic E-state index is -4.54. The second-order valence-electron chi connectivity index (χ2n) is 7.89. The maximum atomic E-state index is 13.2. The lowest BCUT2D eigenvalue weighted by Gasteiger charge is -2.37. The summed E-state index contributed by atoms with van der Waals surface area (Å²) in [6.07, 6.45) is 0.510. The number of alkyl halides is 3. The molecule has 1 saturated heterocycles. The van der Waals surface area contributed by atoms with Gasteiger partial charge in [0.05, 0.1) is 16.3 Å². The fourth-order valence-corrected chi connectivity index (χ4v) is 5.55. The molecule has 0 atom stereocenters. The third kappa shape index (κ3) is 4.36. The quantitative estimate of drug-likeness (QED) is 0.611. The fourth-order valence-electron chi connectivity index (χ4n) is 4.30. The number of hydrogen-bond acceptors (Lipinski definition) is 4. The fraction of sp³-hybridized carbons (Fsp3) is 0.524. The lowest BCUT2D eigenvalue weighted by Crippen LogP contribution is -2.51. The predicted molar refractivity (Wildman–Crippen MR) is 112 cm³/mol. The van der Waals surface area contributed by atoms with Crippen molar-refractivity contribution in [2.75, 3.05) is 26.2 Å². The van der Waals surface area contributed by atoms with Crippen LogP contribution in [0.1, 0.15) is 46.6 Å². The van der Waals surface area contributed by atoms with Crippen LogP contribution in [0.4, 0.5) is 13.2 Å². The van der Waals surface area contributed by atoms with Gasteiger partial charge in [0.15, 0.2) is 0 Å². The first kappa shape index (κ1) is 21.6. The van der Waals surface area contributed by atoms with E-state index < -0.39 is 11.7 Å². The molecule has 0 bridgehead atoms.